The van der Waals surface area contributed by atoms with Gasteiger partial charge in [0.1, 0.15) is 5.82 Å². The van der Waals surface area contributed by atoms with Gasteiger partial charge in [-0.25, -0.2) is 18.7 Å². The Bertz CT molecular complexity index is 1080. The Balaban J connectivity index is 1.77. The van der Waals surface area contributed by atoms with Crippen molar-refractivity contribution in [3.05, 3.63) is 71.5 Å². The number of carboxylic acids is 1. The Hall–Kier alpha value is -3.66. The number of rotatable bonds is 4. The van der Waals surface area contributed by atoms with Crippen LogP contribution in [0.1, 0.15) is 23.3 Å². The number of aromatic carboxylic acids is 1. The van der Waals surface area contributed by atoms with Crippen LogP contribution in [0.15, 0.2) is 48.5 Å². The van der Waals surface area contributed by atoms with Gasteiger partial charge in [0, 0.05) is 24.3 Å². The maximum absolute atomic E-state index is 14.1. The Morgan fingerprint density at radius 1 is 1.07 bits per heavy atom. The SMILES string of the molecule is [C-]#[N+]c1ccc(-c2cc(C(=O)O)nn2-c2ccc(N3CCCC3)cc2)cc1F. The van der Waals surface area contributed by atoms with Crippen molar-refractivity contribution in [2.75, 3.05) is 18.0 Å². The van der Waals surface area contributed by atoms with Crippen LogP contribution < -0.4 is 4.90 Å². The van der Waals surface area contributed by atoms with Crippen LogP contribution in [0.4, 0.5) is 15.8 Å². The predicted molar refractivity (Wildman–Crippen MR) is 104 cm³/mol. The molecule has 0 aliphatic carbocycles. The minimum atomic E-state index is -1.16. The summed E-state index contributed by atoms with van der Waals surface area (Å²) in [5, 5.41) is 13.5. The number of nitrogens with zero attached hydrogens (tertiary/aromatic N) is 4. The van der Waals surface area contributed by atoms with E-state index in [0.717, 1.165) is 18.8 Å². The van der Waals surface area contributed by atoms with Crippen LogP contribution in [0, 0.1) is 12.4 Å². The van der Waals surface area contributed by atoms with Crippen LogP contribution in [0.2, 0.25) is 0 Å². The monoisotopic (exact) mass is 376 g/mol. The average molecular weight is 376 g/mol. The van der Waals surface area contributed by atoms with Crippen molar-refractivity contribution in [2.45, 2.75) is 12.8 Å². The minimum absolute atomic E-state index is 0.0803. The largest absolute Gasteiger partial charge is 0.476 e. The maximum Gasteiger partial charge on any atom is 0.356 e. The zero-order valence-corrected chi connectivity index (χ0v) is 15.0. The molecule has 0 saturated carbocycles. The number of halogens is 1. The number of anilines is 1. The number of hydrogen-bond donors (Lipinski definition) is 1. The van der Waals surface area contributed by atoms with Crippen LogP contribution in [0.3, 0.4) is 0 Å². The van der Waals surface area contributed by atoms with E-state index in [2.05, 4.69) is 14.8 Å². The van der Waals surface area contributed by atoms with Crippen LogP contribution in [0.5, 0.6) is 0 Å². The fourth-order valence-electron chi connectivity index (χ4n) is 3.42. The molecule has 0 atom stereocenters. The molecule has 3 aromatic rings. The quantitative estimate of drug-likeness (QED) is 0.680. The zero-order valence-electron chi connectivity index (χ0n) is 15.0. The van der Waals surface area contributed by atoms with E-state index in [9.17, 15) is 14.3 Å². The molecule has 6 nitrogen and oxygen atoms in total. The van der Waals surface area contributed by atoms with Crippen molar-refractivity contribution in [3.63, 3.8) is 0 Å². The van der Waals surface area contributed by atoms with Crippen LogP contribution in [0.25, 0.3) is 21.8 Å². The van der Waals surface area contributed by atoms with Crippen molar-refractivity contribution < 1.29 is 14.3 Å². The standard InChI is InChI=1S/C21H17FN4O2/c1-23-18-9-4-14(12-17(18)22)20-13-19(21(27)28)24-26(20)16-7-5-15(6-8-16)25-10-2-3-11-25/h4-9,12-13H,2-3,10-11H2,(H,27,28). The van der Waals surface area contributed by atoms with Gasteiger partial charge in [-0.05, 0) is 49.2 Å². The van der Waals surface area contributed by atoms with Gasteiger partial charge >= 0.3 is 5.97 Å². The summed E-state index contributed by atoms with van der Waals surface area (Å²) in [5.41, 5.74) is 2.48. The summed E-state index contributed by atoms with van der Waals surface area (Å²) in [5.74, 6) is -1.81. The number of carbonyl (C=O) groups is 1. The fourth-order valence-corrected chi connectivity index (χ4v) is 3.42. The first-order chi connectivity index (χ1) is 13.6. The van der Waals surface area contributed by atoms with Crippen LogP contribution in [-0.4, -0.2) is 33.9 Å². The van der Waals surface area contributed by atoms with E-state index in [1.165, 1.54) is 35.7 Å². The Morgan fingerprint density at radius 2 is 1.75 bits per heavy atom. The zero-order chi connectivity index (χ0) is 19.7. The normalized spacial score (nSPS) is 13.5. The predicted octanol–water partition coefficient (Wildman–Crippen LogP) is 4.53. The summed E-state index contributed by atoms with van der Waals surface area (Å²) < 4.78 is 15.6. The second-order valence-corrected chi connectivity index (χ2v) is 6.62. The summed E-state index contributed by atoms with van der Waals surface area (Å²) in [7, 11) is 0. The lowest BCUT2D eigenvalue weighted by Crippen LogP contribution is -2.17. The molecule has 7 heteroatoms. The van der Waals surface area contributed by atoms with Gasteiger partial charge in [-0.3, -0.25) is 0 Å². The first-order valence-corrected chi connectivity index (χ1v) is 8.93. The summed E-state index contributed by atoms with van der Waals surface area (Å²) in [4.78, 5) is 16.8. The second-order valence-electron chi connectivity index (χ2n) is 6.62. The Morgan fingerprint density at radius 3 is 2.36 bits per heavy atom. The lowest BCUT2D eigenvalue weighted by Gasteiger charge is -2.18. The molecule has 1 N–H and O–H groups in total. The highest BCUT2D eigenvalue weighted by Crippen LogP contribution is 2.29. The molecular formula is C21H17FN4O2. The van der Waals surface area contributed by atoms with Crippen molar-refractivity contribution in [2.24, 2.45) is 0 Å². The molecule has 1 aliphatic heterocycles. The lowest BCUT2D eigenvalue weighted by atomic mass is 10.1. The van der Waals surface area contributed by atoms with Crippen LogP contribution >= 0.6 is 0 Å². The van der Waals surface area contributed by atoms with Gasteiger partial charge in [0.05, 0.1) is 18.0 Å². The molecule has 0 bridgehead atoms. The molecule has 140 valence electrons. The van der Waals surface area contributed by atoms with Crippen molar-refractivity contribution in [1.29, 1.82) is 0 Å². The third-order valence-electron chi connectivity index (χ3n) is 4.86. The molecule has 0 unspecified atom stereocenters. The molecular weight excluding hydrogens is 359 g/mol. The third kappa shape index (κ3) is 3.21. The Labute approximate surface area is 161 Å². The molecule has 1 aliphatic rings. The highest BCUT2D eigenvalue weighted by Gasteiger charge is 2.18. The molecule has 28 heavy (non-hydrogen) atoms. The van der Waals surface area contributed by atoms with E-state index < -0.39 is 11.8 Å². The molecule has 1 saturated heterocycles. The molecule has 2 aromatic carbocycles. The molecule has 0 spiro atoms. The smallest absolute Gasteiger partial charge is 0.356 e. The minimum Gasteiger partial charge on any atom is -0.476 e. The van der Waals surface area contributed by atoms with Gasteiger partial charge < -0.3 is 10.0 Å². The lowest BCUT2D eigenvalue weighted by molar-refractivity contribution is 0.0690. The van der Waals surface area contributed by atoms with E-state index >= 15 is 0 Å². The van der Waals surface area contributed by atoms with E-state index in [1.807, 2.05) is 24.3 Å². The van der Waals surface area contributed by atoms with E-state index in [-0.39, 0.29) is 11.4 Å². The highest BCUT2D eigenvalue weighted by atomic mass is 19.1. The van der Waals surface area contributed by atoms with Crippen molar-refractivity contribution in [1.82, 2.24) is 9.78 Å². The van der Waals surface area contributed by atoms with E-state index in [1.54, 1.807) is 6.07 Å². The molecule has 0 amide bonds. The summed E-state index contributed by atoms with van der Waals surface area (Å²) >= 11 is 0. The van der Waals surface area contributed by atoms with Gasteiger partial charge in [-0.15, -0.1) is 0 Å². The fraction of sp³-hybridized carbons (Fsp3) is 0.190. The number of benzene rings is 2. The average Bonchev–Trinajstić information content (AvgIpc) is 3.38. The van der Waals surface area contributed by atoms with Gasteiger partial charge in [0.2, 0.25) is 5.69 Å². The van der Waals surface area contributed by atoms with Gasteiger partial charge in [0.25, 0.3) is 0 Å². The van der Waals surface area contributed by atoms with Gasteiger partial charge in [0.15, 0.2) is 5.69 Å². The van der Waals surface area contributed by atoms with Gasteiger partial charge in [-0.1, -0.05) is 12.1 Å². The molecule has 0 radical (unpaired) electrons. The van der Waals surface area contributed by atoms with Crippen molar-refractivity contribution >= 4 is 17.3 Å². The highest BCUT2D eigenvalue weighted by molar-refractivity contribution is 5.87. The first kappa shape index (κ1) is 17.7. The summed E-state index contributed by atoms with van der Waals surface area (Å²) in [6.45, 7) is 9.03. The number of hydrogen-bond acceptors (Lipinski definition) is 3. The Kier molecular flexibility index (Phi) is 4.53. The number of aromatic nitrogens is 2. The molecule has 1 fully saturated rings. The molecule has 2 heterocycles. The van der Waals surface area contributed by atoms with E-state index in [0.29, 0.717) is 16.9 Å². The van der Waals surface area contributed by atoms with Crippen molar-refractivity contribution in [3.8, 4) is 16.9 Å². The summed E-state index contributed by atoms with van der Waals surface area (Å²) in [6.07, 6.45) is 2.36. The number of carboxylic acid groups (broad SMARTS) is 1. The molecule has 1 aromatic heterocycles. The second kappa shape index (κ2) is 7.16. The molecule has 4 rings (SSSR count). The summed E-state index contributed by atoms with van der Waals surface area (Å²) in [6, 6.07) is 13.3. The third-order valence-corrected chi connectivity index (χ3v) is 4.86. The van der Waals surface area contributed by atoms with Crippen LogP contribution in [-0.2, 0) is 0 Å². The topological polar surface area (TPSA) is 62.7 Å². The maximum atomic E-state index is 14.1. The first-order valence-electron chi connectivity index (χ1n) is 8.93. The van der Waals surface area contributed by atoms with Gasteiger partial charge in [-0.2, -0.15) is 5.10 Å². The van der Waals surface area contributed by atoms with E-state index in [4.69, 9.17) is 6.57 Å².